The number of carbonyl (C=O) groups is 3. The van der Waals surface area contributed by atoms with E-state index in [0.717, 1.165) is 17.3 Å². The smallest absolute Gasteiger partial charge is 0.387 e. The number of alkyl halides is 2. The minimum Gasteiger partial charge on any atom is -0.493 e. The average Bonchev–Trinajstić information content (AvgIpc) is 2.80. The fourth-order valence-electron chi connectivity index (χ4n) is 3.20. The fraction of sp³-hybridized carbons (Fsp3) is 0.304. The molecular weight excluding hydrogens is 468 g/mol. The van der Waals surface area contributed by atoms with Crippen LogP contribution in [0.1, 0.15) is 31.4 Å². The number of ether oxygens (including phenoxy) is 2. The first-order valence-corrected chi connectivity index (χ1v) is 11.2. The van der Waals surface area contributed by atoms with Gasteiger partial charge < -0.3 is 14.8 Å². The van der Waals surface area contributed by atoms with Gasteiger partial charge in [-0.05, 0) is 42.3 Å². The quantitative estimate of drug-likeness (QED) is 0.512. The molecule has 0 saturated carbocycles. The molecule has 1 N–H and O–H groups in total. The number of methoxy groups -OCH3 is 1. The van der Waals surface area contributed by atoms with Gasteiger partial charge >= 0.3 is 11.9 Å². The van der Waals surface area contributed by atoms with Crippen molar-refractivity contribution in [2.45, 2.75) is 38.7 Å². The lowest BCUT2D eigenvalue weighted by Crippen LogP contribution is -2.34. The van der Waals surface area contributed by atoms with E-state index in [1.807, 2.05) is 6.92 Å². The number of Topliss-reactive ketones (excluding diaryl/α,β-unsaturated/α-hetero) is 1. The van der Waals surface area contributed by atoms with Gasteiger partial charge in [-0.2, -0.15) is 13.9 Å². The normalized spacial score (nSPS) is 15.7. The summed E-state index contributed by atoms with van der Waals surface area (Å²) in [5, 5.41) is 7.79. The van der Waals surface area contributed by atoms with Gasteiger partial charge in [0.1, 0.15) is 0 Å². The maximum absolute atomic E-state index is 12.8. The van der Waals surface area contributed by atoms with Crippen LogP contribution in [0.3, 0.4) is 0 Å². The van der Waals surface area contributed by atoms with Gasteiger partial charge in [-0.1, -0.05) is 30.8 Å². The highest BCUT2D eigenvalue weighted by molar-refractivity contribution is 8.14. The molecule has 1 heterocycles. The average molecular weight is 492 g/mol. The number of nitrogens with one attached hydrogen (secondary N) is 1. The molecule has 0 radical (unpaired) electrons. The highest BCUT2D eigenvalue weighted by Crippen LogP contribution is 2.34. The third kappa shape index (κ3) is 6.10. The van der Waals surface area contributed by atoms with Crippen molar-refractivity contribution < 1.29 is 32.6 Å². The summed E-state index contributed by atoms with van der Waals surface area (Å²) in [4.78, 5) is 35.3. The number of carbonyl (C=O) groups excluding carboxylic acids is 3. The Morgan fingerprint density at radius 2 is 1.88 bits per heavy atom. The Morgan fingerprint density at radius 1 is 1.18 bits per heavy atom. The molecule has 11 heteroatoms. The Labute approximate surface area is 199 Å². The molecule has 3 rings (SSSR count). The summed E-state index contributed by atoms with van der Waals surface area (Å²) < 4.78 is 35.4. The van der Waals surface area contributed by atoms with E-state index < -0.39 is 18.3 Å². The van der Waals surface area contributed by atoms with Crippen molar-refractivity contribution in [2.75, 3.05) is 12.4 Å². The van der Waals surface area contributed by atoms with E-state index >= 15 is 0 Å². The molecule has 34 heavy (non-hydrogen) atoms. The van der Waals surface area contributed by atoms with Crippen LogP contribution in [0.25, 0.3) is 0 Å². The van der Waals surface area contributed by atoms with E-state index in [1.165, 1.54) is 31.2 Å². The lowest BCUT2D eigenvalue weighted by molar-refractivity contribution is -0.133. The number of amides is 2. The molecule has 0 bridgehead atoms. The monoisotopic (exact) mass is 491 g/mol. The Hall–Kier alpha value is -3.47. The van der Waals surface area contributed by atoms with Gasteiger partial charge in [-0.15, -0.1) is 0 Å². The van der Waals surface area contributed by atoms with Crippen LogP contribution < -0.4 is 14.8 Å². The molecule has 2 amide bonds. The zero-order valence-corrected chi connectivity index (χ0v) is 19.5. The van der Waals surface area contributed by atoms with Gasteiger partial charge in [0.15, 0.2) is 11.5 Å². The van der Waals surface area contributed by atoms with Crippen molar-refractivity contribution >= 4 is 40.1 Å². The first-order valence-electron chi connectivity index (χ1n) is 10.3. The minimum absolute atomic E-state index is 0.121. The molecule has 1 aliphatic rings. The Morgan fingerprint density at radius 3 is 2.47 bits per heavy atom. The van der Waals surface area contributed by atoms with Crippen LogP contribution in [-0.4, -0.2) is 46.6 Å². The molecule has 0 spiro atoms. The van der Waals surface area contributed by atoms with Crippen LogP contribution in [0.5, 0.6) is 11.5 Å². The molecule has 180 valence electrons. The molecule has 8 nitrogen and oxygen atoms in total. The number of thioether (sulfide) groups is 1. The number of hydrogen-bond donors (Lipinski definition) is 1. The molecule has 0 aromatic heterocycles. The molecule has 0 aliphatic carbocycles. The molecule has 1 atom stereocenters. The SMILES string of the molecule is CCC1SC(=O)N(Cc2ccc(NC(=O)C(C)=O)cc2)N=C1c1ccc(OC)c(OC(F)F)c1. The van der Waals surface area contributed by atoms with Crippen LogP contribution >= 0.6 is 11.8 Å². The number of nitrogens with zero attached hydrogens (tertiary/aromatic N) is 2. The van der Waals surface area contributed by atoms with Crippen molar-refractivity contribution in [3.63, 3.8) is 0 Å². The van der Waals surface area contributed by atoms with E-state index in [-0.39, 0.29) is 28.5 Å². The number of ketones is 1. The maximum atomic E-state index is 12.8. The minimum atomic E-state index is -3.02. The summed E-state index contributed by atoms with van der Waals surface area (Å²) in [6.07, 6.45) is 0.602. The van der Waals surface area contributed by atoms with Crippen molar-refractivity contribution in [1.82, 2.24) is 5.01 Å². The zero-order chi connectivity index (χ0) is 24.8. The molecule has 1 unspecified atom stereocenters. The van der Waals surface area contributed by atoms with E-state index in [1.54, 1.807) is 30.3 Å². The van der Waals surface area contributed by atoms with Gasteiger partial charge in [0.2, 0.25) is 5.78 Å². The van der Waals surface area contributed by atoms with Gasteiger partial charge in [-0.3, -0.25) is 14.4 Å². The number of hydrogen-bond acceptors (Lipinski definition) is 7. The summed E-state index contributed by atoms with van der Waals surface area (Å²) in [6.45, 7) is 0.219. The van der Waals surface area contributed by atoms with Crippen LogP contribution in [0.2, 0.25) is 0 Å². The van der Waals surface area contributed by atoms with E-state index in [2.05, 4.69) is 15.2 Å². The van der Waals surface area contributed by atoms with Crippen LogP contribution in [-0.2, 0) is 16.1 Å². The second-order valence-corrected chi connectivity index (χ2v) is 8.43. The second-order valence-electron chi connectivity index (χ2n) is 7.27. The number of anilines is 1. The topological polar surface area (TPSA) is 97.3 Å². The predicted molar refractivity (Wildman–Crippen MR) is 125 cm³/mol. The summed E-state index contributed by atoms with van der Waals surface area (Å²) in [5.74, 6) is -1.28. The van der Waals surface area contributed by atoms with Crippen molar-refractivity contribution in [1.29, 1.82) is 0 Å². The second kappa shape index (κ2) is 11.1. The third-order valence-electron chi connectivity index (χ3n) is 4.90. The van der Waals surface area contributed by atoms with E-state index in [4.69, 9.17) is 4.74 Å². The third-order valence-corrected chi connectivity index (χ3v) is 6.15. The van der Waals surface area contributed by atoms with E-state index in [0.29, 0.717) is 23.4 Å². The molecule has 2 aromatic rings. The van der Waals surface area contributed by atoms with Gasteiger partial charge in [-0.25, -0.2) is 5.01 Å². The molecule has 1 aliphatic heterocycles. The fourth-order valence-corrected chi connectivity index (χ4v) is 4.14. The number of halogens is 2. The first kappa shape index (κ1) is 25.2. The standard InChI is InChI=1S/C23H23F2N3O5S/c1-4-19-20(15-7-10-17(32-3)18(11-15)33-22(24)25)27-28(23(31)34-19)12-14-5-8-16(9-6-14)26-21(30)13(2)29/h5-11,19,22H,4,12H2,1-3H3,(H,26,30). The summed E-state index contributed by atoms with van der Waals surface area (Å²) >= 11 is 1.10. The number of rotatable bonds is 9. The predicted octanol–water partition coefficient (Wildman–Crippen LogP) is 4.68. The highest BCUT2D eigenvalue weighted by Gasteiger charge is 2.31. The first-order chi connectivity index (χ1) is 16.2. The van der Waals surface area contributed by atoms with Gasteiger partial charge in [0.25, 0.3) is 5.91 Å². The van der Waals surface area contributed by atoms with E-state index in [9.17, 15) is 23.2 Å². The summed E-state index contributed by atoms with van der Waals surface area (Å²) in [7, 11) is 1.35. The molecule has 0 saturated heterocycles. The largest absolute Gasteiger partial charge is 0.493 e. The van der Waals surface area contributed by atoms with Crippen molar-refractivity contribution in [2.24, 2.45) is 5.10 Å². The summed E-state index contributed by atoms with van der Waals surface area (Å²) in [6, 6.07) is 11.3. The van der Waals surface area contributed by atoms with Crippen molar-refractivity contribution in [3.05, 3.63) is 53.6 Å². The van der Waals surface area contributed by atoms with Gasteiger partial charge in [0.05, 0.1) is 24.6 Å². The highest BCUT2D eigenvalue weighted by atomic mass is 32.2. The van der Waals surface area contributed by atoms with Crippen LogP contribution in [0.15, 0.2) is 47.6 Å². The van der Waals surface area contributed by atoms with Crippen LogP contribution in [0, 0.1) is 0 Å². The van der Waals surface area contributed by atoms with Gasteiger partial charge in [0, 0.05) is 18.2 Å². The number of hydrazone groups is 1. The Bertz CT molecular complexity index is 1110. The number of benzene rings is 2. The van der Waals surface area contributed by atoms with Crippen molar-refractivity contribution in [3.8, 4) is 11.5 Å². The lowest BCUT2D eigenvalue weighted by atomic mass is 10.0. The summed E-state index contributed by atoms with van der Waals surface area (Å²) in [5.41, 5.74) is 2.28. The molecule has 0 fully saturated rings. The lowest BCUT2D eigenvalue weighted by Gasteiger charge is -2.28. The Kier molecular flexibility index (Phi) is 8.21. The van der Waals surface area contributed by atoms with Crippen LogP contribution in [0.4, 0.5) is 19.3 Å². The molecule has 2 aromatic carbocycles. The maximum Gasteiger partial charge on any atom is 0.387 e. The zero-order valence-electron chi connectivity index (χ0n) is 18.7. The Balaban J connectivity index is 1.86. The molecular formula is C23H23F2N3O5S.